The molecule has 1 radical (unpaired) electrons. The number of hydrogen-bond donors (Lipinski definition) is 1. The van der Waals surface area contributed by atoms with E-state index in [0.717, 1.165) is 18.1 Å². The van der Waals surface area contributed by atoms with Crippen molar-refractivity contribution in [3.8, 4) is 0 Å². The van der Waals surface area contributed by atoms with Crippen molar-refractivity contribution in [1.29, 1.82) is 0 Å². The molecule has 1 saturated heterocycles. The zero-order chi connectivity index (χ0) is 12.3. The molecule has 2 heterocycles. The minimum absolute atomic E-state index is 0.0949. The minimum Gasteiger partial charge on any atom is -0.381 e. The van der Waals surface area contributed by atoms with E-state index in [1.54, 1.807) is 11.1 Å². The normalized spacial score (nSPS) is 20.6. The van der Waals surface area contributed by atoms with Crippen LogP contribution >= 0.6 is 11.8 Å². The molecule has 1 aromatic rings. The Labute approximate surface area is 105 Å². The summed E-state index contributed by atoms with van der Waals surface area (Å²) in [6.45, 7) is 3.69. The molecule has 2 rings (SSSR count). The quantitative estimate of drug-likeness (QED) is 0.841. The van der Waals surface area contributed by atoms with Crippen LogP contribution in [0.2, 0.25) is 0 Å². The van der Waals surface area contributed by atoms with Gasteiger partial charge in [-0.3, -0.25) is 4.79 Å². The number of aliphatic hydroxyl groups is 1. The fourth-order valence-electron chi connectivity index (χ4n) is 1.81. The number of aliphatic hydroxyl groups excluding tert-OH is 1. The van der Waals surface area contributed by atoms with Crippen molar-refractivity contribution in [3.63, 3.8) is 0 Å². The summed E-state index contributed by atoms with van der Waals surface area (Å²) in [5.41, 5.74) is -0.434. The average Bonchev–Trinajstić information content (AvgIpc) is 2.72. The maximum absolute atomic E-state index is 11.9. The van der Waals surface area contributed by atoms with E-state index in [-0.39, 0.29) is 5.91 Å². The number of thioether (sulfide) groups is 1. The van der Waals surface area contributed by atoms with Crippen molar-refractivity contribution in [2.75, 3.05) is 18.8 Å². The summed E-state index contributed by atoms with van der Waals surface area (Å²) in [5.74, 6) is 1.77. The highest BCUT2D eigenvalue weighted by molar-refractivity contribution is 7.99. The number of aryl methyl sites for hydroxylation is 2. The van der Waals surface area contributed by atoms with Crippen molar-refractivity contribution in [2.24, 2.45) is 0 Å². The van der Waals surface area contributed by atoms with Crippen LogP contribution in [0.15, 0.2) is 6.20 Å². The van der Waals surface area contributed by atoms with E-state index in [4.69, 9.17) is 0 Å². The highest BCUT2D eigenvalue weighted by atomic mass is 32.2. The Hall–Kier alpha value is -1.01. The molecule has 0 aromatic carbocycles. The van der Waals surface area contributed by atoms with E-state index >= 15 is 0 Å². The van der Waals surface area contributed by atoms with Crippen molar-refractivity contribution in [2.45, 2.75) is 25.3 Å². The van der Waals surface area contributed by atoms with Crippen LogP contribution in [0.5, 0.6) is 0 Å². The lowest BCUT2D eigenvalue weighted by Gasteiger charge is -2.29. The Morgan fingerprint density at radius 3 is 3.24 bits per heavy atom. The van der Waals surface area contributed by atoms with Gasteiger partial charge in [0, 0.05) is 31.5 Å². The second kappa shape index (κ2) is 5.55. The number of aromatic nitrogens is 2. The number of hydrogen-bond acceptors (Lipinski definition) is 4. The monoisotopic (exact) mass is 254 g/mol. The fraction of sp³-hybridized carbons (Fsp3) is 0.636. The number of β-amino-alcohol motifs (C(OH)–C–C–N with tert-alkyl or cyclic N) is 1. The van der Waals surface area contributed by atoms with Gasteiger partial charge in [-0.2, -0.15) is 0 Å². The van der Waals surface area contributed by atoms with Gasteiger partial charge >= 0.3 is 0 Å². The highest BCUT2D eigenvalue weighted by Gasteiger charge is 2.21. The van der Waals surface area contributed by atoms with Gasteiger partial charge in [-0.15, -0.1) is 11.8 Å². The molecule has 1 aromatic heterocycles. The van der Waals surface area contributed by atoms with Gasteiger partial charge in [0.25, 0.3) is 0 Å². The molecule has 0 bridgehead atoms. The lowest BCUT2D eigenvalue weighted by atomic mass is 10.3. The number of carbonyl (C=O) groups is 1. The molecule has 1 unspecified atom stereocenters. The van der Waals surface area contributed by atoms with E-state index in [0.29, 0.717) is 19.5 Å². The molecule has 5 nitrogen and oxygen atoms in total. The predicted octanol–water partition coefficient (Wildman–Crippen LogP) is 0.276. The minimum atomic E-state index is -0.434. The summed E-state index contributed by atoms with van der Waals surface area (Å²) in [4.78, 5) is 17.6. The first-order valence-corrected chi connectivity index (χ1v) is 6.69. The van der Waals surface area contributed by atoms with E-state index in [1.165, 1.54) is 11.8 Å². The first-order chi connectivity index (χ1) is 8.16. The molecule has 0 aliphatic carbocycles. The largest absolute Gasteiger partial charge is 0.381 e. The second-order valence-electron chi connectivity index (χ2n) is 4.03. The van der Waals surface area contributed by atoms with Crippen molar-refractivity contribution in [3.05, 3.63) is 18.2 Å². The van der Waals surface area contributed by atoms with E-state index in [2.05, 4.69) is 11.2 Å². The summed E-state index contributed by atoms with van der Waals surface area (Å²) in [6.07, 6.45) is 4.95. The highest BCUT2D eigenvalue weighted by Crippen LogP contribution is 2.16. The Bertz CT molecular complexity index is 394. The third-order valence-corrected chi connectivity index (χ3v) is 3.77. The van der Waals surface area contributed by atoms with Crippen LogP contribution in [0.3, 0.4) is 0 Å². The number of carbonyl (C=O) groups excluding carboxylic acids is 1. The van der Waals surface area contributed by atoms with E-state index in [9.17, 15) is 9.90 Å². The van der Waals surface area contributed by atoms with Gasteiger partial charge in [0.15, 0.2) is 0 Å². The summed E-state index contributed by atoms with van der Waals surface area (Å²) < 4.78 is 1.91. The Morgan fingerprint density at radius 1 is 1.76 bits per heavy atom. The molecule has 1 aliphatic heterocycles. The number of rotatable bonds is 3. The molecule has 1 amide bonds. The Morgan fingerprint density at radius 2 is 2.59 bits per heavy atom. The van der Waals surface area contributed by atoms with Gasteiger partial charge < -0.3 is 14.6 Å². The van der Waals surface area contributed by atoms with Gasteiger partial charge in [-0.1, -0.05) is 0 Å². The van der Waals surface area contributed by atoms with Crippen LogP contribution in [0.4, 0.5) is 0 Å². The molecule has 0 saturated carbocycles. The van der Waals surface area contributed by atoms with E-state index < -0.39 is 5.44 Å². The third-order valence-electron chi connectivity index (χ3n) is 2.82. The molecule has 1 fully saturated rings. The smallest absolute Gasteiger partial charge is 0.224 e. The summed E-state index contributed by atoms with van der Waals surface area (Å²) in [5, 5.41) is 9.47. The topological polar surface area (TPSA) is 58.4 Å². The zero-order valence-corrected chi connectivity index (χ0v) is 10.6. The van der Waals surface area contributed by atoms with Crippen LogP contribution in [-0.2, 0) is 11.3 Å². The number of imidazole rings is 1. The maximum Gasteiger partial charge on any atom is 0.224 e. The van der Waals surface area contributed by atoms with Crippen LogP contribution in [0.25, 0.3) is 0 Å². The first-order valence-electron chi connectivity index (χ1n) is 5.64. The lowest BCUT2D eigenvalue weighted by Crippen LogP contribution is -2.42. The fourth-order valence-corrected chi connectivity index (χ4v) is 2.69. The first kappa shape index (κ1) is 12.4. The third kappa shape index (κ3) is 3.23. The maximum atomic E-state index is 11.9. The molecule has 0 spiro atoms. The van der Waals surface area contributed by atoms with Crippen LogP contribution in [-0.4, -0.2) is 49.7 Å². The summed E-state index contributed by atoms with van der Waals surface area (Å²) in [7, 11) is 0. The van der Waals surface area contributed by atoms with E-state index in [1.807, 2.05) is 11.5 Å². The molecule has 6 heteroatoms. The Kier molecular flexibility index (Phi) is 4.06. The second-order valence-corrected chi connectivity index (χ2v) is 5.31. The molecule has 1 atom stereocenters. The summed E-state index contributed by atoms with van der Waals surface area (Å²) >= 11 is 1.50. The van der Waals surface area contributed by atoms with Crippen molar-refractivity contribution >= 4 is 17.7 Å². The molecular formula is C11H16N3O2S. The molecule has 93 valence electrons. The molecule has 1 aliphatic rings. The Balaban J connectivity index is 1.83. The van der Waals surface area contributed by atoms with Crippen molar-refractivity contribution in [1.82, 2.24) is 14.5 Å². The van der Waals surface area contributed by atoms with Crippen LogP contribution in [0, 0.1) is 13.1 Å². The number of amides is 1. The SMILES string of the molecule is Cc1n[c]cn1CCC(=O)N1CCSC(O)C1. The van der Waals surface area contributed by atoms with Gasteiger partial charge in [0.05, 0.1) is 6.54 Å². The summed E-state index contributed by atoms with van der Waals surface area (Å²) in [6, 6.07) is 0. The molecule has 17 heavy (non-hydrogen) atoms. The number of nitrogens with zero attached hydrogens (tertiary/aromatic N) is 3. The standard InChI is InChI=1S/C11H16N3O2S/c1-9-12-3-5-13(9)4-2-10(15)14-6-7-17-11(16)8-14/h5,11,16H,2,4,6-8H2,1H3. The van der Waals surface area contributed by atoms with Crippen LogP contribution < -0.4 is 0 Å². The average molecular weight is 254 g/mol. The zero-order valence-electron chi connectivity index (χ0n) is 9.80. The van der Waals surface area contributed by atoms with Crippen molar-refractivity contribution < 1.29 is 9.90 Å². The van der Waals surface area contributed by atoms with Gasteiger partial charge in [-0.05, 0) is 6.92 Å². The molecular weight excluding hydrogens is 238 g/mol. The van der Waals surface area contributed by atoms with Crippen LogP contribution in [0.1, 0.15) is 12.2 Å². The predicted molar refractivity (Wildman–Crippen MR) is 65.5 cm³/mol. The molecule has 1 N–H and O–H groups in total. The van der Waals surface area contributed by atoms with Gasteiger partial charge in [-0.25, -0.2) is 4.98 Å². The van der Waals surface area contributed by atoms with Gasteiger partial charge in [0.2, 0.25) is 5.91 Å². The lowest BCUT2D eigenvalue weighted by molar-refractivity contribution is -0.132. The van der Waals surface area contributed by atoms with Gasteiger partial charge in [0.1, 0.15) is 17.5 Å².